The van der Waals surface area contributed by atoms with Crippen LogP contribution in [0.2, 0.25) is 0 Å². The first-order chi connectivity index (χ1) is 8.88. The van der Waals surface area contributed by atoms with Gasteiger partial charge in [0.25, 0.3) is 0 Å². The van der Waals surface area contributed by atoms with Crippen molar-refractivity contribution < 1.29 is 4.79 Å². The number of carbonyl (C=O) groups excluding carboxylic acids is 1. The minimum Gasteiger partial charge on any atom is -0.340 e. The molecule has 2 rings (SSSR count). The van der Waals surface area contributed by atoms with Crippen molar-refractivity contribution >= 4 is 11.7 Å². The highest BCUT2D eigenvalue weighted by molar-refractivity contribution is 5.96. The second-order valence-corrected chi connectivity index (χ2v) is 5.98. The van der Waals surface area contributed by atoms with Gasteiger partial charge in [-0.2, -0.15) is 0 Å². The lowest BCUT2D eigenvalue weighted by molar-refractivity contribution is 0.101. The highest BCUT2D eigenvalue weighted by Gasteiger charge is 2.24. The molecule has 1 fully saturated rings. The molecule has 4 nitrogen and oxygen atoms in total. The molecule has 0 aliphatic carbocycles. The summed E-state index contributed by atoms with van der Waals surface area (Å²) in [4.78, 5) is 22.9. The highest BCUT2D eigenvalue weighted by Crippen LogP contribution is 2.25. The van der Waals surface area contributed by atoms with Gasteiger partial charge in [0.05, 0.1) is 17.0 Å². The van der Waals surface area contributed by atoms with E-state index in [0.717, 1.165) is 30.4 Å². The largest absolute Gasteiger partial charge is 0.340 e. The van der Waals surface area contributed by atoms with Crippen molar-refractivity contribution in [2.45, 2.75) is 41.0 Å². The first-order valence-electron chi connectivity index (χ1n) is 6.99. The number of piperidine rings is 1. The number of Topliss-reactive ketones (excluding diaryl/α,β-unsaturated/α-hetero) is 1. The number of aromatic nitrogens is 2. The summed E-state index contributed by atoms with van der Waals surface area (Å²) in [6.45, 7) is 11.9. The van der Waals surface area contributed by atoms with Gasteiger partial charge in [0.2, 0.25) is 5.95 Å². The summed E-state index contributed by atoms with van der Waals surface area (Å²) < 4.78 is 0. The third-order valence-electron chi connectivity index (χ3n) is 3.76. The number of rotatable bonds is 2. The minimum absolute atomic E-state index is 0.0435. The summed E-state index contributed by atoms with van der Waals surface area (Å²) in [6, 6.07) is 0. The van der Waals surface area contributed by atoms with Crippen LogP contribution in [0.25, 0.3) is 0 Å². The Morgan fingerprint density at radius 2 is 1.58 bits per heavy atom. The molecule has 1 aliphatic rings. The summed E-state index contributed by atoms with van der Waals surface area (Å²) in [5.41, 5.74) is 2.25. The van der Waals surface area contributed by atoms with Crippen LogP contribution in [0.3, 0.4) is 0 Å². The van der Waals surface area contributed by atoms with Crippen LogP contribution in [0.5, 0.6) is 0 Å². The van der Waals surface area contributed by atoms with Crippen LogP contribution in [-0.4, -0.2) is 28.8 Å². The predicted molar refractivity (Wildman–Crippen MR) is 76.7 cm³/mol. The molecule has 1 aliphatic heterocycles. The van der Waals surface area contributed by atoms with Crippen LogP contribution >= 0.6 is 0 Å². The molecule has 0 radical (unpaired) electrons. The Balaban J connectivity index is 2.33. The monoisotopic (exact) mass is 261 g/mol. The molecule has 0 bridgehead atoms. The number of ketones is 1. The quantitative estimate of drug-likeness (QED) is 0.768. The number of nitrogens with zero attached hydrogens (tertiary/aromatic N) is 3. The summed E-state index contributed by atoms with van der Waals surface area (Å²) in [6.07, 6.45) is 1.26. The van der Waals surface area contributed by atoms with E-state index in [0.29, 0.717) is 17.4 Å². The van der Waals surface area contributed by atoms with Crippen LogP contribution in [0.1, 0.15) is 48.9 Å². The molecule has 1 aromatic rings. The average molecular weight is 261 g/mol. The van der Waals surface area contributed by atoms with Gasteiger partial charge in [-0.25, -0.2) is 9.97 Å². The molecule has 104 valence electrons. The molecule has 0 N–H and O–H groups in total. The van der Waals surface area contributed by atoms with Crippen LogP contribution in [0.15, 0.2) is 0 Å². The van der Waals surface area contributed by atoms with E-state index in [1.807, 2.05) is 13.8 Å². The molecular weight excluding hydrogens is 238 g/mol. The first-order valence-corrected chi connectivity index (χ1v) is 6.99. The van der Waals surface area contributed by atoms with Gasteiger partial charge in [-0.15, -0.1) is 0 Å². The Morgan fingerprint density at radius 1 is 1.11 bits per heavy atom. The van der Waals surface area contributed by atoms with E-state index in [-0.39, 0.29) is 5.78 Å². The van der Waals surface area contributed by atoms with Crippen molar-refractivity contribution in [2.75, 3.05) is 18.0 Å². The lowest BCUT2D eigenvalue weighted by Gasteiger charge is -2.35. The Bertz CT molecular complexity index is 465. The smallest absolute Gasteiger partial charge is 0.225 e. The summed E-state index contributed by atoms with van der Waals surface area (Å²) in [5.74, 6) is 2.15. The number of hydrogen-bond donors (Lipinski definition) is 0. The second-order valence-electron chi connectivity index (χ2n) is 5.98. The van der Waals surface area contributed by atoms with Crippen LogP contribution in [0.4, 0.5) is 5.95 Å². The van der Waals surface area contributed by atoms with Gasteiger partial charge in [0, 0.05) is 13.1 Å². The fraction of sp³-hybridized carbons (Fsp3) is 0.667. The fourth-order valence-electron chi connectivity index (χ4n) is 3.18. The molecule has 19 heavy (non-hydrogen) atoms. The molecule has 2 heterocycles. The van der Waals surface area contributed by atoms with Crippen LogP contribution in [0, 0.1) is 25.7 Å². The molecule has 2 atom stereocenters. The molecule has 0 saturated carbocycles. The third kappa shape index (κ3) is 2.94. The summed E-state index contributed by atoms with van der Waals surface area (Å²) in [5, 5.41) is 0. The molecule has 0 aromatic carbocycles. The van der Waals surface area contributed by atoms with E-state index in [1.54, 1.807) is 6.92 Å². The molecule has 4 heteroatoms. The molecule has 0 spiro atoms. The van der Waals surface area contributed by atoms with Crippen LogP contribution < -0.4 is 4.90 Å². The Labute approximate surface area is 115 Å². The topological polar surface area (TPSA) is 46.1 Å². The molecule has 0 amide bonds. The number of aryl methyl sites for hydroxylation is 2. The zero-order valence-corrected chi connectivity index (χ0v) is 12.5. The predicted octanol–water partition coefficient (Wildman–Crippen LogP) is 2.78. The van der Waals surface area contributed by atoms with E-state index in [1.165, 1.54) is 6.42 Å². The minimum atomic E-state index is 0.0435. The highest BCUT2D eigenvalue weighted by atomic mass is 16.1. The van der Waals surface area contributed by atoms with Crippen molar-refractivity contribution in [3.05, 3.63) is 17.0 Å². The van der Waals surface area contributed by atoms with Crippen molar-refractivity contribution in [3.8, 4) is 0 Å². The van der Waals surface area contributed by atoms with Crippen LogP contribution in [-0.2, 0) is 0 Å². The maximum absolute atomic E-state index is 11.6. The van der Waals surface area contributed by atoms with Crippen molar-refractivity contribution in [1.82, 2.24) is 9.97 Å². The van der Waals surface area contributed by atoms with Crippen molar-refractivity contribution in [3.63, 3.8) is 0 Å². The van der Waals surface area contributed by atoms with E-state index in [2.05, 4.69) is 28.7 Å². The Hall–Kier alpha value is -1.45. The fourth-order valence-corrected chi connectivity index (χ4v) is 3.18. The van der Waals surface area contributed by atoms with E-state index >= 15 is 0 Å². The lowest BCUT2D eigenvalue weighted by atomic mass is 9.92. The number of hydrogen-bond acceptors (Lipinski definition) is 4. The van der Waals surface area contributed by atoms with Gasteiger partial charge in [0.15, 0.2) is 5.78 Å². The molecule has 0 unspecified atom stereocenters. The van der Waals surface area contributed by atoms with E-state index < -0.39 is 0 Å². The average Bonchev–Trinajstić information content (AvgIpc) is 2.25. The van der Waals surface area contributed by atoms with Gasteiger partial charge in [-0.1, -0.05) is 13.8 Å². The SMILES string of the molecule is CC(=O)c1c(C)nc(N2C[C@@H](C)C[C@H](C)C2)nc1C. The van der Waals surface area contributed by atoms with Gasteiger partial charge in [-0.05, 0) is 39.0 Å². The number of carbonyl (C=O) groups is 1. The summed E-state index contributed by atoms with van der Waals surface area (Å²) in [7, 11) is 0. The number of anilines is 1. The van der Waals surface area contributed by atoms with E-state index in [4.69, 9.17) is 0 Å². The standard InChI is InChI=1S/C15H23N3O/c1-9-6-10(2)8-18(7-9)15-16-11(3)14(13(5)19)12(4)17-15/h9-10H,6-8H2,1-5H3/t9-,10-/m0/s1. The molecule has 1 saturated heterocycles. The maximum atomic E-state index is 11.6. The third-order valence-corrected chi connectivity index (χ3v) is 3.76. The molecular formula is C15H23N3O. The Morgan fingerprint density at radius 3 is 2.00 bits per heavy atom. The second kappa shape index (κ2) is 5.27. The molecule has 1 aromatic heterocycles. The van der Waals surface area contributed by atoms with Gasteiger partial charge < -0.3 is 4.90 Å². The normalized spacial score (nSPS) is 23.5. The maximum Gasteiger partial charge on any atom is 0.225 e. The van der Waals surface area contributed by atoms with Gasteiger partial charge >= 0.3 is 0 Å². The van der Waals surface area contributed by atoms with E-state index in [9.17, 15) is 4.79 Å². The van der Waals surface area contributed by atoms with Gasteiger partial charge in [0.1, 0.15) is 0 Å². The lowest BCUT2D eigenvalue weighted by Crippen LogP contribution is -2.40. The van der Waals surface area contributed by atoms with Crippen molar-refractivity contribution in [1.29, 1.82) is 0 Å². The zero-order chi connectivity index (χ0) is 14.2. The Kier molecular flexibility index (Phi) is 3.88. The first kappa shape index (κ1) is 14.0. The summed E-state index contributed by atoms with van der Waals surface area (Å²) >= 11 is 0. The zero-order valence-electron chi connectivity index (χ0n) is 12.5. The van der Waals surface area contributed by atoms with Gasteiger partial charge in [-0.3, -0.25) is 4.79 Å². The van der Waals surface area contributed by atoms with Crippen molar-refractivity contribution in [2.24, 2.45) is 11.8 Å².